The Bertz CT molecular complexity index is 551. The van der Waals surface area contributed by atoms with Crippen molar-refractivity contribution in [1.82, 2.24) is 4.57 Å². The molecule has 0 aliphatic heterocycles. The molecule has 4 nitrogen and oxygen atoms in total. The Kier molecular flexibility index (Phi) is 2.43. The molecule has 1 aromatic heterocycles. The van der Waals surface area contributed by atoms with E-state index >= 15 is 0 Å². The predicted molar refractivity (Wildman–Crippen MR) is 58.6 cm³/mol. The first kappa shape index (κ1) is 9.73. The Morgan fingerprint density at radius 1 is 1.53 bits per heavy atom. The largest absolute Gasteiger partial charge is 0.420 e. The third kappa shape index (κ3) is 1.59. The van der Waals surface area contributed by atoms with Crippen LogP contribution in [-0.4, -0.2) is 4.57 Å². The molecule has 0 unspecified atom stereocenters. The lowest BCUT2D eigenvalue weighted by Crippen LogP contribution is -2.12. The van der Waals surface area contributed by atoms with E-state index in [0.29, 0.717) is 18.7 Å². The standard InChI is InChI=1S/C11H12N2O2/c1-2-5-13-9-4-3-8(7-12)6-10(9)15-11(13)14/h2-4,6H,1,5,7,12H2. The summed E-state index contributed by atoms with van der Waals surface area (Å²) in [7, 11) is 0. The van der Waals surface area contributed by atoms with Crippen LogP contribution in [0.1, 0.15) is 5.56 Å². The fourth-order valence-electron chi connectivity index (χ4n) is 1.54. The highest BCUT2D eigenvalue weighted by Crippen LogP contribution is 2.14. The van der Waals surface area contributed by atoms with Crippen molar-refractivity contribution in [3.63, 3.8) is 0 Å². The molecule has 2 aromatic rings. The summed E-state index contributed by atoms with van der Waals surface area (Å²) in [6.45, 7) is 4.48. The van der Waals surface area contributed by atoms with Gasteiger partial charge in [-0.3, -0.25) is 4.57 Å². The number of benzene rings is 1. The lowest BCUT2D eigenvalue weighted by atomic mass is 10.2. The summed E-state index contributed by atoms with van der Waals surface area (Å²) < 4.78 is 6.63. The van der Waals surface area contributed by atoms with Gasteiger partial charge in [-0.05, 0) is 17.7 Å². The van der Waals surface area contributed by atoms with Gasteiger partial charge in [0.2, 0.25) is 0 Å². The van der Waals surface area contributed by atoms with Gasteiger partial charge in [0, 0.05) is 13.1 Å². The molecule has 0 saturated carbocycles. The van der Waals surface area contributed by atoms with E-state index in [1.54, 1.807) is 12.1 Å². The quantitative estimate of drug-likeness (QED) is 0.765. The summed E-state index contributed by atoms with van der Waals surface area (Å²) in [5.41, 5.74) is 7.80. The first-order chi connectivity index (χ1) is 7.26. The zero-order valence-corrected chi connectivity index (χ0v) is 8.27. The fourth-order valence-corrected chi connectivity index (χ4v) is 1.54. The molecule has 0 fully saturated rings. The molecule has 2 rings (SSSR count). The maximum atomic E-state index is 11.4. The molecule has 15 heavy (non-hydrogen) atoms. The Hall–Kier alpha value is -1.81. The molecule has 0 aliphatic carbocycles. The average Bonchev–Trinajstić information content (AvgIpc) is 2.55. The summed E-state index contributed by atoms with van der Waals surface area (Å²) in [6, 6.07) is 5.51. The van der Waals surface area contributed by atoms with Crippen LogP contribution < -0.4 is 11.5 Å². The maximum absolute atomic E-state index is 11.4. The van der Waals surface area contributed by atoms with Crippen LogP contribution in [0.25, 0.3) is 11.1 Å². The van der Waals surface area contributed by atoms with Crippen molar-refractivity contribution in [2.75, 3.05) is 0 Å². The molecule has 0 bridgehead atoms. The number of hydrogen-bond acceptors (Lipinski definition) is 3. The van der Waals surface area contributed by atoms with Crippen molar-refractivity contribution >= 4 is 11.1 Å². The summed E-state index contributed by atoms with van der Waals surface area (Å²) >= 11 is 0. The number of allylic oxidation sites excluding steroid dienone is 1. The Morgan fingerprint density at radius 2 is 2.33 bits per heavy atom. The van der Waals surface area contributed by atoms with Crippen molar-refractivity contribution in [3.05, 3.63) is 47.0 Å². The van der Waals surface area contributed by atoms with Crippen molar-refractivity contribution in [2.45, 2.75) is 13.1 Å². The number of nitrogens with zero attached hydrogens (tertiary/aromatic N) is 1. The van der Waals surface area contributed by atoms with Crippen molar-refractivity contribution in [3.8, 4) is 0 Å². The molecule has 0 atom stereocenters. The molecule has 0 saturated heterocycles. The minimum Gasteiger partial charge on any atom is -0.408 e. The van der Waals surface area contributed by atoms with Gasteiger partial charge in [-0.1, -0.05) is 12.1 Å². The highest BCUT2D eigenvalue weighted by atomic mass is 16.4. The Morgan fingerprint density at radius 3 is 3.00 bits per heavy atom. The number of fused-ring (bicyclic) bond motifs is 1. The van der Waals surface area contributed by atoms with E-state index in [9.17, 15) is 4.79 Å². The van der Waals surface area contributed by atoms with Gasteiger partial charge in [0.25, 0.3) is 0 Å². The number of aromatic nitrogens is 1. The first-order valence-corrected chi connectivity index (χ1v) is 4.69. The van der Waals surface area contributed by atoms with E-state index in [-0.39, 0.29) is 5.76 Å². The minimum atomic E-state index is -0.362. The molecular weight excluding hydrogens is 192 g/mol. The van der Waals surface area contributed by atoms with Crippen LogP contribution in [0.4, 0.5) is 0 Å². The SMILES string of the molecule is C=CCn1c(=O)oc2cc(CN)ccc21. The van der Waals surface area contributed by atoms with E-state index < -0.39 is 0 Å². The van der Waals surface area contributed by atoms with Gasteiger partial charge in [0.15, 0.2) is 5.58 Å². The van der Waals surface area contributed by atoms with Crippen LogP contribution in [0.5, 0.6) is 0 Å². The predicted octanol–water partition coefficient (Wildman–Crippen LogP) is 1.24. The summed E-state index contributed by atoms with van der Waals surface area (Å²) in [6.07, 6.45) is 1.66. The third-order valence-electron chi connectivity index (χ3n) is 2.28. The van der Waals surface area contributed by atoms with Crippen LogP contribution in [0.3, 0.4) is 0 Å². The van der Waals surface area contributed by atoms with Gasteiger partial charge >= 0.3 is 5.76 Å². The molecule has 2 N–H and O–H groups in total. The van der Waals surface area contributed by atoms with E-state index in [4.69, 9.17) is 10.2 Å². The van der Waals surface area contributed by atoms with Crippen LogP contribution in [0.2, 0.25) is 0 Å². The van der Waals surface area contributed by atoms with Crippen molar-refractivity contribution in [2.24, 2.45) is 5.73 Å². The minimum absolute atomic E-state index is 0.362. The maximum Gasteiger partial charge on any atom is 0.420 e. The average molecular weight is 204 g/mol. The normalized spacial score (nSPS) is 10.7. The molecule has 0 spiro atoms. The number of nitrogens with two attached hydrogens (primary N) is 1. The fraction of sp³-hybridized carbons (Fsp3) is 0.182. The van der Waals surface area contributed by atoms with Crippen LogP contribution in [0.15, 0.2) is 40.1 Å². The molecule has 78 valence electrons. The highest BCUT2D eigenvalue weighted by molar-refractivity contribution is 5.73. The zero-order chi connectivity index (χ0) is 10.8. The van der Waals surface area contributed by atoms with Gasteiger partial charge in [0.1, 0.15) is 0 Å². The van der Waals surface area contributed by atoms with Gasteiger partial charge < -0.3 is 10.2 Å². The molecule has 1 heterocycles. The lowest BCUT2D eigenvalue weighted by Gasteiger charge is -1.97. The van der Waals surface area contributed by atoms with Gasteiger partial charge in [-0.25, -0.2) is 4.79 Å². The Labute approximate surface area is 86.6 Å². The van der Waals surface area contributed by atoms with Gasteiger partial charge in [-0.2, -0.15) is 0 Å². The first-order valence-electron chi connectivity index (χ1n) is 4.69. The second kappa shape index (κ2) is 3.74. The monoisotopic (exact) mass is 204 g/mol. The second-order valence-corrected chi connectivity index (χ2v) is 3.27. The van der Waals surface area contributed by atoms with E-state index in [1.807, 2.05) is 12.1 Å². The Balaban J connectivity index is 2.68. The molecule has 0 radical (unpaired) electrons. The molecule has 0 aliphatic rings. The van der Waals surface area contributed by atoms with Crippen LogP contribution >= 0.6 is 0 Å². The third-order valence-corrected chi connectivity index (χ3v) is 2.28. The summed E-state index contributed by atoms with van der Waals surface area (Å²) in [5.74, 6) is -0.362. The number of rotatable bonds is 3. The van der Waals surface area contributed by atoms with Crippen LogP contribution in [0, 0.1) is 0 Å². The van der Waals surface area contributed by atoms with Gasteiger partial charge in [0.05, 0.1) is 5.52 Å². The molecular formula is C11H12N2O2. The van der Waals surface area contributed by atoms with E-state index in [0.717, 1.165) is 11.1 Å². The topological polar surface area (TPSA) is 61.2 Å². The van der Waals surface area contributed by atoms with Crippen molar-refractivity contribution in [1.29, 1.82) is 0 Å². The number of hydrogen-bond donors (Lipinski definition) is 1. The summed E-state index contributed by atoms with van der Waals surface area (Å²) in [4.78, 5) is 11.4. The van der Waals surface area contributed by atoms with Crippen LogP contribution in [-0.2, 0) is 13.1 Å². The molecule has 4 heteroatoms. The van der Waals surface area contributed by atoms with E-state index in [2.05, 4.69) is 6.58 Å². The van der Waals surface area contributed by atoms with Crippen molar-refractivity contribution < 1.29 is 4.42 Å². The van der Waals surface area contributed by atoms with E-state index in [1.165, 1.54) is 4.57 Å². The molecule has 0 amide bonds. The second-order valence-electron chi connectivity index (χ2n) is 3.27. The smallest absolute Gasteiger partial charge is 0.408 e. The number of oxazole rings is 1. The van der Waals surface area contributed by atoms with Gasteiger partial charge in [-0.15, -0.1) is 6.58 Å². The lowest BCUT2D eigenvalue weighted by molar-refractivity contribution is 0.519. The highest BCUT2D eigenvalue weighted by Gasteiger charge is 2.07. The zero-order valence-electron chi connectivity index (χ0n) is 8.27. The summed E-state index contributed by atoms with van der Waals surface area (Å²) in [5, 5.41) is 0. The molecule has 1 aromatic carbocycles.